The summed E-state index contributed by atoms with van der Waals surface area (Å²) in [7, 11) is 0. The van der Waals surface area contributed by atoms with Crippen molar-refractivity contribution in [1.82, 2.24) is 4.98 Å². The number of nitrogens with zero attached hydrogens (tertiary/aromatic N) is 1. The lowest BCUT2D eigenvalue weighted by atomic mass is 10.0. The van der Waals surface area contributed by atoms with Gasteiger partial charge in [0.15, 0.2) is 0 Å². The first kappa shape index (κ1) is 15.4. The molecule has 19 heavy (non-hydrogen) atoms. The Morgan fingerprint density at radius 3 is 2.58 bits per heavy atom. The monoisotopic (exact) mass is 266 g/mol. The van der Waals surface area contributed by atoms with Crippen molar-refractivity contribution < 1.29 is 14.6 Å². The van der Waals surface area contributed by atoms with Gasteiger partial charge in [-0.2, -0.15) is 0 Å². The molecule has 0 aliphatic heterocycles. The highest BCUT2D eigenvalue weighted by atomic mass is 16.6. The van der Waals surface area contributed by atoms with Gasteiger partial charge in [0, 0.05) is 6.20 Å². The summed E-state index contributed by atoms with van der Waals surface area (Å²) in [6.07, 6.45) is 0.296. The molecule has 2 N–H and O–H groups in total. The number of aromatic nitrogens is 1. The van der Waals surface area contributed by atoms with Crippen LogP contribution in [0.2, 0.25) is 0 Å². The normalized spacial score (nSPS) is 13.2. The van der Waals surface area contributed by atoms with Crippen molar-refractivity contribution >= 4 is 11.8 Å². The zero-order chi connectivity index (χ0) is 14.6. The molecule has 1 aromatic heterocycles. The molecule has 0 spiro atoms. The number of aliphatic hydroxyl groups excluding tert-OH is 1. The first-order valence-corrected chi connectivity index (χ1v) is 6.33. The van der Waals surface area contributed by atoms with Crippen LogP contribution in [-0.2, 0) is 4.74 Å². The molecule has 1 atom stereocenters. The van der Waals surface area contributed by atoms with Gasteiger partial charge in [-0.25, -0.2) is 4.79 Å². The molecule has 5 heteroatoms. The van der Waals surface area contributed by atoms with E-state index in [1.54, 1.807) is 39.1 Å². The van der Waals surface area contributed by atoms with Crippen molar-refractivity contribution in [2.45, 2.75) is 46.3 Å². The minimum Gasteiger partial charge on any atom is -0.444 e. The van der Waals surface area contributed by atoms with E-state index in [9.17, 15) is 9.90 Å². The maximum Gasteiger partial charge on any atom is 0.412 e. The van der Waals surface area contributed by atoms with Gasteiger partial charge in [-0.1, -0.05) is 13.8 Å². The lowest BCUT2D eigenvalue weighted by Gasteiger charge is -2.21. The minimum absolute atomic E-state index is 0.00841. The number of pyridine rings is 1. The van der Waals surface area contributed by atoms with Crippen LogP contribution >= 0.6 is 0 Å². The van der Waals surface area contributed by atoms with E-state index in [0.717, 1.165) is 0 Å². The number of nitrogens with one attached hydrogen (secondary N) is 1. The molecule has 1 heterocycles. The van der Waals surface area contributed by atoms with E-state index in [1.165, 1.54) is 0 Å². The van der Waals surface area contributed by atoms with Crippen LogP contribution < -0.4 is 5.32 Å². The Bertz CT molecular complexity index is 439. The summed E-state index contributed by atoms with van der Waals surface area (Å²) in [6, 6.07) is 3.39. The minimum atomic E-state index is -0.730. The van der Waals surface area contributed by atoms with Crippen LogP contribution in [0.25, 0.3) is 0 Å². The number of anilines is 1. The van der Waals surface area contributed by atoms with Gasteiger partial charge in [-0.3, -0.25) is 10.3 Å². The lowest BCUT2D eigenvalue weighted by Crippen LogP contribution is -2.28. The summed E-state index contributed by atoms with van der Waals surface area (Å²) in [6.45, 7) is 9.15. The molecule has 0 radical (unpaired) electrons. The topological polar surface area (TPSA) is 71.5 Å². The molecule has 106 valence electrons. The van der Waals surface area contributed by atoms with Gasteiger partial charge >= 0.3 is 6.09 Å². The molecule has 1 amide bonds. The summed E-state index contributed by atoms with van der Waals surface area (Å²) in [5, 5.41) is 12.7. The van der Waals surface area contributed by atoms with Crippen LogP contribution in [0.3, 0.4) is 0 Å². The molecular formula is C14H22N2O3. The Balaban J connectivity index is 2.87. The van der Waals surface area contributed by atoms with Crippen LogP contribution in [0, 0.1) is 5.92 Å². The number of amides is 1. The third kappa shape index (κ3) is 4.87. The molecular weight excluding hydrogens is 244 g/mol. The average Bonchev–Trinajstić information content (AvgIpc) is 2.26. The van der Waals surface area contributed by atoms with Gasteiger partial charge in [-0.15, -0.1) is 0 Å². The molecule has 1 rings (SSSR count). The molecule has 1 aromatic rings. The van der Waals surface area contributed by atoms with E-state index in [4.69, 9.17) is 4.74 Å². The van der Waals surface area contributed by atoms with Crippen molar-refractivity contribution in [1.29, 1.82) is 0 Å². The van der Waals surface area contributed by atoms with Crippen LogP contribution in [0.15, 0.2) is 18.3 Å². The molecule has 0 saturated carbocycles. The molecule has 0 fully saturated rings. The molecule has 0 aromatic carbocycles. The molecule has 1 unspecified atom stereocenters. The Morgan fingerprint density at radius 1 is 1.42 bits per heavy atom. The Hall–Kier alpha value is -1.62. The molecule has 0 saturated heterocycles. The summed E-state index contributed by atoms with van der Waals surface area (Å²) in [5.41, 5.74) is 0.352. The van der Waals surface area contributed by atoms with Crippen molar-refractivity contribution in [2.24, 2.45) is 5.92 Å². The number of rotatable bonds is 3. The van der Waals surface area contributed by atoms with Crippen LogP contribution in [-0.4, -0.2) is 21.8 Å². The van der Waals surface area contributed by atoms with Gasteiger partial charge in [0.2, 0.25) is 0 Å². The Kier molecular flexibility index (Phi) is 4.89. The van der Waals surface area contributed by atoms with Gasteiger partial charge in [0.05, 0.1) is 11.4 Å². The van der Waals surface area contributed by atoms with E-state index < -0.39 is 17.8 Å². The SMILES string of the molecule is CC(C)C(O)c1ncccc1NC(=O)OC(C)(C)C. The van der Waals surface area contributed by atoms with E-state index in [-0.39, 0.29) is 5.92 Å². The van der Waals surface area contributed by atoms with Crippen molar-refractivity contribution in [3.8, 4) is 0 Å². The highest BCUT2D eigenvalue weighted by Gasteiger charge is 2.21. The van der Waals surface area contributed by atoms with Gasteiger partial charge in [0.25, 0.3) is 0 Å². The maximum atomic E-state index is 11.7. The number of carbonyl (C=O) groups excluding carboxylic acids is 1. The second-order valence-electron chi connectivity index (χ2n) is 5.75. The molecule has 0 bridgehead atoms. The quantitative estimate of drug-likeness (QED) is 0.881. The fourth-order valence-electron chi connectivity index (χ4n) is 1.49. The predicted octanol–water partition coefficient (Wildman–Crippen LogP) is 3.12. The average molecular weight is 266 g/mol. The zero-order valence-corrected chi connectivity index (χ0v) is 12.1. The Morgan fingerprint density at radius 2 is 2.05 bits per heavy atom. The number of hydrogen-bond acceptors (Lipinski definition) is 4. The second kappa shape index (κ2) is 6.02. The smallest absolute Gasteiger partial charge is 0.412 e. The summed E-state index contributed by atoms with van der Waals surface area (Å²) >= 11 is 0. The van der Waals surface area contributed by atoms with Gasteiger partial charge in [-0.05, 0) is 38.8 Å². The van der Waals surface area contributed by atoms with E-state index >= 15 is 0 Å². The van der Waals surface area contributed by atoms with E-state index in [1.807, 2.05) is 13.8 Å². The highest BCUT2D eigenvalue weighted by Crippen LogP contribution is 2.26. The van der Waals surface area contributed by atoms with Crippen LogP contribution in [0.1, 0.15) is 46.4 Å². The number of carbonyl (C=O) groups is 1. The maximum absolute atomic E-state index is 11.7. The number of hydrogen-bond donors (Lipinski definition) is 2. The van der Waals surface area contributed by atoms with Gasteiger partial charge < -0.3 is 9.84 Å². The van der Waals surface area contributed by atoms with Crippen LogP contribution in [0.4, 0.5) is 10.5 Å². The lowest BCUT2D eigenvalue weighted by molar-refractivity contribution is 0.0634. The number of aliphatic hydroxyl groups is 1. The Labute approximate surface area is 114 Å². The largest absolute Gasteiger partial charge is 0.444 e. The first-order chi connectivity index (χ1) is 8.70. The van der Waals surface area contributed by atoms with E-state index in [0.29, 0.717) is 11.4 Å². The standard InChI is InChI=1S/C14H22N2O3/c1-9(2)12(17)11-10(7-6-8-15-11)16-13(18)19-14(3,4)5/h6-9,12,17H,1-5H3,(H,16,18). The van der Waals surface area contributed by atoms with Crippen molar-refractivity contribution in [3.63, 3.8) is 0 Å². The summed E-state index contributed by atoms with van der Waals surface area (Å²) in [5.74, 6) is 0.00841. The van der Waals surface area contributed by atoms with E-state index in [2.05, 4.69) is 10.3 Å². The third-order valence-corrected chi connectivity index (χ3v) is 2.39. The zero-order valence-electron chi connectivity index (χ0n) is 12.1. The highest BCUT2D eigenvalue weighted by molar-refractivity contribution is 5.85. The van der Waals surface area contributed by atoms with Crippen molar-refractivity contribution in [2.75, 3.05) is 5.32 Å². The molecule has 5 nitrogen and oxygen atoms in total. The van der Waals surface area contributed by atoms with Gasteiger partial charge in [0.1, 0.15) is 11.7 Å². The number of ether oxygens (including phenoxy) is 1. The third-order valence-electron chi connectivity index (χ3n) is 2.39. The second-order valence-corrected chi connectivity index (χ2v) is 5.75. The predicted molar refractivity (Wildman–Crippen MR) is 73.9 cm³/mol. The molecule has 0 aliphatic rings. The fraction of sp³-hybridized carbons (Fsp3) is 0.571. The summed E-state index contributed by atoms with van der Waals surface area (Å²) < 4.78 is 5.18. The fourth-order valence-corrected chi connectivity index (χ4v) is 1.49. The molecule has 0 aliphatic carbocycles. The summed E-state index contributed by atoms with van der Waals surface area (Å²) in [4.78, 5) is 15.9. The van der Waals surface area contributed by atoms with Crippen molar-refractivity contribution in [3.05, 3.63) is 24.0 Å². The van der Waals surface area contributed by atoms with Crippen LogP contribution in [0.5, 0.6) is 0 Å². The first-order valence-electron chi connectivity index (χ1n) is 6.33.